The molecule has 0 spiro atoms. The van der Waals surface area contributed by atoms with Gasteiger partial charge in [0.1, 0.15) is 19.3 Å². The van der Waals surface area contributed by atoms with Gasteiger partial charge in [-0.05, 0) is 63.9 Å². The molecular formula is C61H117N2O7P. The first-order chi connectivity index (χ1) is 34.4. The van der Waals surface area contributed by atoms with Crippen molar-refractivity contribution in [3.63, 3.8) is 0 Å². The van der Waals surface area contributed by atoms with Crippen LogP contribution in [-0.2, 0) is 27.9 Å². The largest absolute Gasteiger partial charge is 0.756 e. The molecule has 3 unspecified atom stereocenters. The number of carbonyl (C=O) groups is 2. The van der Waals surface area contributed by atoms with Crippen LogP contribution < -0.4 is 10.2 Å². The molecule has 0 aromatic carbocycles. The molecule has 0 rings (SSSR count). The van der Waals surface area contributed by atoms with Crippen LogP contribution in [0.1, 0.15) is 290 Å². The Bertz CT molecular complexity index is 1310. The average molecular weight is 1020 g/mol. The van der Waals surface area contributed by atoms with Crippen LogP contribution in [0.3, 0.4) is 0 Å². The molecular weight excluding hydrogens is 904 g/mol. The highest BCUT2D eigenvalue weighted by atomic mass is 31.2. The van der Waals surface area contributed by atoms with Gasteiger partial charge in [0.05, 0.1) is 33.8 Å². The number of nitrogens with one attached hydrogen (secondary N) is 1. The highest BCUT2D eigenvalue weighted by Gasteiger charge is 2.27. The summed E-state index contributed by atoms with van der Waals surface area (Å²) in [5.41, 5.74) is 0. The van der Waals surface area contributed by atoms with Gasteiger partial charge in [0, 0.05) is 12.8 Å². The van der Waals surface area contributed by atoms with Crippen molar-refractivity contribution in [2.75, 3.05) is 40.9 Å². The third kappa shape index (κ3) is 52.9. The Kier molecular flexibility index (Phi) is 50.4. The number of esters is 1. The van der Waals surface area contributed by atoms with E-state index in [1.807, 2.05) is 33.3 Å². The first-order valence-electron chi connectivity index (χ1n) is 30.3. The van der Waals surface area contributed by atoms with E-state index in [0.29, 0.717) is 17.4 Å². The van der Waals surface area contributed by atoms with Gasteiger partial charge in [-0.2, -0.15) is 0 Å². The number of quaternary nitrogens is 1. The fraction of sp³-hybridized carbons (Fsp3) is 0.869. The second kappa shape index (κ2) is 51.7. The van der Waals surface area contributed by atoms with Gasteiger partial charge in [0.2, 0.25) is 5.91 Å². The van der Waals surface area contributed by atoms with Crippen molar-refractivity contribution in [2.24, 2.45) is 0 Å². The smallest absolute Gasteiger partial charge is 0.306 e. The van der Waals surface area contributed by atoms with Crippen molar-refractivity contribution in [1.29, 1.82) is 0 Å². The Morgan fingerprint density at radius 1 is 0.493 bits per heavy atom. The fourth-order valence-corrected chi connectivity index (χ4v) is 9.57. The standard InChI is InChI=1S/C61H117N2O7P/c1-7-10-13-16-19-22-25-28-30-31-33-35-38-41-44-47-50-53-60(64)62-58(57-69-71(66,67)68-56-55-63(4,5)6)59(52-49-46-43-40-37-34-27-24-21-18-15-12-9-3)70-61(65)54-51-48-45-42-39-36-32-29-26-23-20-17-14-11-8-2/h19,22,28,30,49,52,58-59H,7-18,20-21,23-27,29,31-48,50-51,53-57H2,1-6H3,(H-,62,64,66,67)/b22-19-,30-28-,52-49+. The van der Waals surface area contributed by atoms with E-state index in [1.165, 1.54) is 180 Å². The van der Waals surface area contributed by atoms with Gasteiger partial charge in [-0.1, -0.05) is 250 Å². The molecule has 10 heteroatoms. The zero-order valence-electron chi connectivity index (χ0n) is 47.7. The molecule has 0 aromatic heterocycles. The number of unbranched alkanes of at least 4 members (excludes halogenated alkanes) is 35. The number of nitrogens with zero attached hydrogens (tertiary/aromatic N) is 1. The molecule has 0 aliphatic rings. The lowest BCUT2D eigenvalue weighted by molar-refractivity contribution is -0.870. The van der Waals surface area contributed by atoms with Crippen LogP contribution in [0.15, 0.2) is 36.5 Å². The zero-order chi connectivity index (χ0) is 52.2. The van der Waals surface area contributed by atoms with Crippen LogP contribution in [0.2, 0.25) is 0 Å². The number of hydrogen-bond donors (Lipinski definition) is 1. The highest BCUT2D eigenvalue weighted by molar-refractivity contribution is 7.45. The van der Waals surface area contributed by atoms with Crippen molar-refractivity contribution >= 4 is 19.7 Å². The molecule has 1 N–H and O–H groups in total. The summed E-state index contributed by atoms with van der Waals surface area (Å²) in [6.45, 7) is 6.84. The number of rotatable bonds is 55. The van der Waals surface area contributed by atoms with Crippen LogP contribution in [0.4, 0.5) is 0 Å². The van der Waals surface area contributed by atoms with Crippen LogP contribution in [0.5, 0.6) is 0 Å². The maximum Gasteiger partial charge on any atom is 0.306 e. The van der Waals surface area contributed by atoms with E-state index in [2.05, 4.69) is 50.4 Å². The number of amides is 1. The second-order valence-corrected chi connectivity index (χ2v) is 23.3. The minimum absolute atomic E-state index is 0.0218. The minimum atomic E-state index is -4.69. The summed E-state index contributed by atoms with van der Waals surface area (Å²) in [5, 5.41) is 3.03. The Morgan fingerprint density at radius 3 is 1.30 bits per heavy atom. The van der Waals surface area contributed by atoms with Gasteiger partial charge in [0.25, 0.3) is 7.82 Å². The van der Waals surface area contributed by atoms with Crippen LogP contribution in [-0.4, -0.2) is 69.4 Å². The SMILES string of the molecule is CCCCC/C=C\C/C=C\CCCCCCCCCC(=O)NC(COP(=O)([O-])OCC[N+](C)(C)C)C(/C=C/CCCCCCCCCCCCC)OC(=O)CCCCCCCCCCCCCCCCC. The van der Waals surface area contributed by atoms with Gasteiger partial charge in [-0.25, -0.2) is 0 Å². The maximum atomic E-state index is 13.5. The van der Waals surface area contributed by atoms with Crippen LogP contribution in [0.25, 0.3) is 0 Å². The summed E-state index contributed by atoms with van der Waals surface area (Å²) in [4.78, 5) is 39.9. The second-order valence-electron chi connectivity index (χ2n) is 21.9. The number of phosphoric acid groups is 1. The number of ether oxygens (including phenoxy) is 1. The zero-order valence-corrected chi connectivity index (χ0v) is 48.6. The summed E-state index contributed by atoms with van der Waals surface area (Å²) >= 11 is 0. The quantitative estimate of drug-likeness (QED) is 0.0212. The normalized spacial score (nSPS) is 14.0. The Labute approximate surface area is 440 Å². The lowest BCUT2D eigenvalue weighted by Gasteiger charge is -2.30. The van der Waals surface area contributed by atoms with Gasteiger partial charge in [0.15, 0.2) is 0 Å². The highest BCUT2D eigenvalue weighted by Crippen LogP contribution is 2.38. The molecule has 0 fully saturated rings. The van der Waals surface area contributed by atoms with Crippen LogP contribution in [0, 0.1) is 0 Å². The molecule has 1 amide bonds. The van der Waals surface area contributed by atoms with Crippen molar-refractivity contribution < 1.29 is 37.3 Å². The van der Waals surface area contributed by atoms with Gasteiger partial charge < -0.3 is 28.5 Å². The molecule has 9 nitrogen and oxygen atoms in total. The van der Waals surface area contributed by atoms with E-state index >= 15 is 0 Å². The summed E-state index contributed by atoms with van der Waals surface area (Å²) < 4.78 is 30.3. The van der Waals surface area contributed by atoms with Gasteiger partial charge >= 0.3 is 5.97 Å². The molecule has 0 aliphatic heterocycles. The summed E-state index contributed by atoms with van der Waals surface area (Å²) in [6.07, 6.45) is 61.0. The first kappa shape index (κ1) is 69.2. The molecule has 0 saturated carbocycles. The third-order valence-corrected chi connectivity index (χ3v) is 14.5. The predicted molar refractivity (Wildman–Crippen MR) is 303 cm³/mol. The Balaban J connectivity index is 5.32. The van der Waals surface area contributed by atoms with Crippen molar-refractivity contribution in [1.82, 2.24) is 5.32 Å². The number of hydrogen-bond acceptors (Lipinski definition) is 7. The van der Waals surface area contributed by atoms with Crippen molar-refractivity contribution in [3.05, 3.63) is 36.5 Å². The molecule has 0 aliphatic carbocycles. The maximum absolute atomic E-state index is 13.5. The van der Waals surface area contributed by atoms with Crippen molar-refractivity contribution in [3.8, 4) is 0 Å². The van der Waals surface area contributed by atoms with E-state index in [-0.39, 0.29) is 31.5 Å². The Hall–Kier alpha value is -1.77. The molecule has 71 heavy (non-hydrogen) atoms. The minimum Gasteiger partial charge on any atom is -0.756 e. The van der Waals surface area contributed by atoms with E-state index < -0.39 is 20.0 Å². The van der Waals surface area contributed by atoms with Gasteiger partial charge in [-0.3, -0.25) is 14.2 Å². The number of allylic oxidation sites excluding steroid dienone is 5. The number of likely N-dealkylation sites (N-methyl/N-ethyl adjacent to an activating group) is 1. The summed E-state index contributed by atoms with van der Waals surface area (Å²) in [5.74, 6) is -0.538. The number of carbonyl (C=O) groups excluding carboxylic acids is 2. The molecule has 0 radical (unpaired) electrons. The summed E-state index contributed by atoms with van der Waals surface area (Å²) in [6, 6.07) is -0.888. The van der Waals surface area contributed by atoms with Gasteiger partial charge in [-0.15, -0.1) is 0 Å². The lowest BCUT2D eigenvalue weighted by Crippen LogP contribution is -2.47. The molecule has 0 bridgehead atoms. The van der Waals surface area contributed by atoms with E-state index in [0.717, 1.165) is 77.0 Å². The fourth-order valence-electron chi connectivity index (χ4n) is 8.85. The molecule has 0 heterocycles. The van der Waals surface area contributed by atoms with Crippen LogP contribution >= 0.6 is 7.82 Å². The Morgan fingerprint density at radius 2 is 0.859 bits per heavy atom. The molecule has 3 atom stereocenters. The predicted octanol–water partition coefficient (Wildman–Crippen LogP) is 17.7. The van der Waals surface area contributed by atoms with E-state index in [1.54, 1.807) is 0 Å². The number of phosphoric ester groups is 1. The summed E-state index contributed by atoms with van der Waals surface area (Å²) in [7, 11) is 1.19. The lowest BCUT2D eigenvalue weighted by atomic mass is 10.0. The van der Waals surface area contributed by atoms with Crippen molar-refractivity contribution in [2.45, 2.75) is 303 Å². The van der Waals surface area contributed by atoms with E-state index in [4.69, 9.17) is 13.8 Å². The average Bonchev–Trinajstić information content (AvgIpc) is 3.33. The molecule has 0 aromatic rings. The third-order valence-electron chi connectivity index (χ3n) is 13.6. The molecule has 0 saturated heterocycles. The topological polar surface area (TPSA) is 114 Å². The first-order valence-corrected chi connectivity index (χ1v) is 31.8. The monoisotopic (exact) mass is 1020 g/mol. The molecule has 418 valence electrons. The van der Waals surface area contributed by atoms with E-state index in [9.17, 15) is 19.0 Å².